The Morgan fingerprint density at radius 2 is 1.26 bits per heavy atom. The molecule has 9 heteroatoms. The molecule has 1 saturated heterocycles. The van der Waals surface area contributed by atoms with Crippen molar-refractivity contribution in [2.24, 2.45) is 17.8 Å². The van der Waals surface area contributed by atoms with Crippen LogP contribution in [0.25, 0.3) is 0 Å². The minimum Gasteiger partial charge on any atom is -0.323 e. The number of amides is 3. The van der Waals surface area contributed by atoms with E-state index in [4.69, 9.17) is 46.4 Å². The fraction of sp³-hybridized carbons (Fsp3) is 0.276. The maximum absolute atomic E-state index is 14.3. The molecule has 194 valence electrons. The van der Waals surface area contributed by atoms with Gasteiger partial charge in [-0.25, -0.2) is 0 Å². The summed E-state index contributed by atoms with van der Waals surface area (Å²) in [7, 11) is 0. The first kappa shape index (κ1) is 25.7. The number of likely N-dealkylation sites (tertiary alicyclic amines) is 1. The summed E-state index contributed by atoms with van der Waals surface area (Å²) in [5, 5.41) is 3.41. The van der Waals surface area contributed by atoms with Crippen LogP contribution >= 0.6 is 46.4 Å². The fourth-order valence-electron chi connectivity index (χ4n) is 6.48. The molecule has 3 amide bonds. The van der Waals surface area contributed by atoms with Crippen molar-refractivity contribution in [3.8, 4) is 0 Å². The zero-order chi connectivity index (χ0) is 27.1. The van der Waals surface area contributed by atoms with Crippen LogP contribution in [0.5, 0.6) is 0 Å². The molecule has 3 aromatic rings. The molecule has 3 aromatic carbocycles. The van der Waals surface area contributed by atoms with Crippen molar-refractivity contribution in [3.63, 3.8) is 0 Å². The highest BCUT2D eigenvalue weighted by molar-refractivity contribution is 6.37. The predicted molar refractivity (Wildman–Crippen MR) is 149 cm³/mol. The molecule has 3 atom stereocenters. The lowest BCUT2D eigenvalue weighted by molar-refractivity contribution is -0.148. The average Bonchev–Trinajstić information content (AvgIpc) is 3.16. The number of nitrogens with zero attached hydrogens (tertiary/aromatic N) is 1. The Labute approximate surface area is 240 Å². The van der Waals surface area contributed by atoms with Gasteiger partial charge < -0.3 is 5.32 Å². The van der Waals surface area contributed by atoms with Crippen LogP contribution in [-0.2, 0) is 24.1 Å². The maximum Gasteiger partial charge on any atom is 0.247 e. The van der Waals surface area contributed by atoms with Crippen molar-refractivity contribution < 1.29 is 14.4 Å². The number of halogens is 4. The molecule has 0 radical (unpaired) electrons. The largest absolute Gasteiger partial charge is 0.323 e. The Bertz CT molecular complexity index is 1420. The summed E-state index contributed by atoms with van der Waals surface area (Å²) in [5.41, 5.74) is 3.10. The molecule has 7 rings (SSSR count). The quantitative estimate of drug-likeness (QED) is 0.278. The number of carbonyl (C=O) groups excluding carboxylic acids is 3. The highest BCUT2D eigenvalue weighted by Crippen LogP contribution is 2.69. The number of nitrogens with one attached hydrogen (secondary N) is 1. The summed E-state index contributed by atoms with van der Waals surface area (Å²) in [4.78, 5) is 40.6. The molecule has 2 bridgehead atoms. The minimum absolute atomic E-state index is 0.279. The van der Waals surface area contributed by atoms with Gasteiger partial charge in [0.05, 0.1) is 22.5 Å². The van der Waals surface area contributed by atoms with Crippen LogP contribution in [0.3, 0.4) is 0 Å². The number of anilines is 1. The molecular weight excluding hydrogens is 566 g/mol. The molecule has 0 aromatic heterocycles. The van der Waals surface area contributed by atoms with Crippen LogP contribution in [0.1, 0.15) is 36.1 Å². The number of benzene rings is 3. The molecular formula is C29H22Cl4N2O3. The van der Waals surface area contributed by atoms with Gasteiger partial charge >= 0.3 is 0 Å². The number of imide groups is 1. The van der Waals surface area contributed by atoms with Crippen LogP contribution < -0.4 is 5.32 Å². The van der Waals surface area contributed by atoms with Gasteiger partial charge in [0.1, 0.15) is 15.8 Å². The number of hydrogen-bond donors (Lipinski definition) is 1. The molecule has 3 aliphatic carbocycles. The second kappa shape index (κ2) is 8.72. The first-order valence-corrected chi connectivity index (χ1v) is 13.7. The van der Waals surface area contributed by atoms with Crippen LogP contribution in [0, 0.1) is 17.8 Å². The number of hydrogen-bond acceptors (Lipinski definition) is 3. The third-order valence-electron chi connectivity index (χ3n) is 7.98. The third-order valence-corrected chi connectivity index (χ3v) is 9.83. The van der Waals surface area contributed by atoms with E-state index < -0.39 is 51.3 Å². The Morgan fingerprint density at radius 3 is 1.68 bits per heavy atom. The lowest BCUT2D eigenvalue weighted by Gasteiger charge is -2.54. The normalized spacial score (nSPS) is 27.7. The molecule has 0 saturated carbocycles. The van der Waals surface area contributed by atoms with Gasteiger partial charge in [0.2, 0.25) is 17.7 Å². The Hall–Kier alpha value is -2.57. The van der Waals surface area contributed by atoms with Crippen molar-refractivity contribution in [3.05, 3.63) is 99.0 Å². The van der Waals surface area contributed by atoms with E-state index in [0.717, 1.165) is 4.90 Å². The second-order valence-corrected chi connectivity index (χ2v) is 12.4. The lowest BCUT2D eigenvalue weighted by Crippen LogP contribution is -2.57. The van der Waals surface area contributed by atoms with E-state index in [1.807, 2.05) is 48.5 Å². The van der Waals surface area contributed by atoms with Crippen LogP contribution in [-0.4, -0.2) is 28.7 Å². The predicted octanol–water partition coefficient (Wildman–Crippen LogP) is 6.55. The van der Waals surface area contributed by atoms with Gasteiger partial charge in [0.25, 0.3) is 0 Å². The van der Waals surface area contributed by atoms with Crippen molar-refractivity contribution in [1.29, 1.82) is 0 Å². The van der Waals surface area contributed by atoms with Gasteiger partial charge in [0, 0.05) is 5.02 Å². The molecule has 38 heavy (non-hydrogen) atoms. The fourth-order valence-corrected chi connectivity index (χ4v) is 7.92. The van der Waals surface area contributed by atoms with Crippen LogP contribution in [0.4, 0.5) is 5.69 Å². The van der Waals surface area contributed by atoms with E-state index in [0.29, 0.717) is 27.3 Å². The molecule has 1 heterocycles. The maximum atomic E-state index is 14.3. The zero-order valence-corrected chi connectivity index (χ0v) is 23.4. The summed E-state index contributed by atoms with van der Waals surface area (Å²) >= 11 is 27.3. The smallest absolute Gasteiger partial charge is 0.247 e. The number of rotatable bonds is 4. The molecule has 5 nitrogen and oxygen atoms in total. The first-order chi connectivity index (χ1) is 18.0. The van der Waals surface area contributed by atoms with Gasteiger partial charge in [-0.2, -0.15) is 0 Å². The van der Waals surface area contributed by atoms with Crippen molar-refractivity contribution >= 4 is 69.8 Å². The van der Waals surface area contributed by atoms with Gasteiger partial charge in [-0.3, -0.25) is 19.3 Å². The van der Waals surface area contributed by atoms with Crippen LogP contribution in [0.2, 0.25) is 10.0 Å². The van der Waals surface area contributed by atoms with E-state index in [1.54, 1.807) is 26.0 Å². The van der Waals surface area contributed by atoms with Gasteiger partial charge in [-0.1, -0.05) is 85.6 Å². The van der Waals surface area contributed by atoms with E-state index in [2.05, 4.69) is 5.32 Å². The lowest BCUT2D eigenvalue weighted by atomic mass is 9.54. The summed E-state index contributed by atoms with van der Waals surface area (Å²) < 4.78 is 0. The first-order valence-electron chi connectivity index (χ1n) is 12.2. The standard InChI is InChI=1S/C29H22Cl4N2O3/c1-14(2)24(25(36)34-21-13-15(30)11-12-20(21)31)35-26(37)22-23(27(35)38)29(33)17-8-4-3-7-16(17)28(22,32)18-9-5-6-10-19(18)29/h3-14,22-24H,1-2H3,(H,34,36)/t22-,23-,24-,28?,29?/m0/s1. The summed E-state index contributed by atoms with van der Waals surface area (Å²) in [5.74, 6) is -3.98. The van der Waals surface area contributed by atoms with E-state index in [-0.39, 0.29) is 10.7 Å². The number of carbonyl (C=O) groups is 3. The van der Waals surface area contributed by atoms with Gasteiger partial charge in [-0.15, -0.1) is 23.2 Å². The molecule has 1 fully saturated rings. The zero-order valence-electron chi connectivity index (χ0n) is 20.3. The van der Waals surface area contributed by atoms with Crippen molar-refractivity contribution in [2.45, 2.75) is 29.6 Å². The third kappa shape index (κ3) is 3.22. The van der Waals surface area contributed by atoms with Crippen molar-refractivity contribution in [2.75, 3.05) is 5.32 Å². The van der Waals surface area contributed by atoms with Crippen molar-refractivity contribution in [1.82, 2.24) is 4.90 Å². The highest BCUT2D eigenvalue weighted by atomic mass is 35.5. The number of alkyl halides is 2. The summed E-state index contributed by atoms with van der Waals surface area (Å²) in [6.07, 6.45) is 0. The van der Waals surface area contributed by atoms with Gasteiger partial charge in [-0.05, 0) is 46.4 Å². The summed E-state index contributed by atoms with van der Waals surface area (Å²) in [6, 6.07) is 18.4. The van der Waals surface area contributed by atoms with Gasteiger partial charge in [0.15, 0.2) is 0 Å². The Kier molecular flexibility index (Phi) is 5.90. The van der Waals surface area contributed by atoms with E-state index in [9.17, 15) is 14.4 Å². The van der Waals surface area contributed by atoms with E-state index >= 15 is 0 Å². The van der Waals surface area contributed by atoms with E-state index in [1.165, 1.54) is 6.07 Å². The molecule has 0 spiro atoms. The molecule has 0 unspecified atom stereocenters. The second-order valence-electron chi connectivity index (χ2n) is 10.3. The Balaban J connectivity index is 1.49. The monoisotopic (exact) mass is 586 g/mol. The minimum atomic E-state index is -1.32. The Morgan fingerprint density at radius 1 is 0.816 bits per heavy atom. The SMILES string of the molecule is CC(C)[C@@H](C(=O)Nc1cc(Cl)ccc1Cl)N1C(=O)[C@@H]2[C@@H](C1=O)C1(Cl)c3ccccc3C2(Cl)c2ccccc21. The topological polar surface area (TPSA) is 66.5 Å². The van der Waals surface area contributed by atoms with Crippen LogP contribution in [0.15, 0.2) is 66.7 Å². The molecule has 1 N–H and O–H groups in total. The molecule has 1 aliphatic heterocycles. The highest BCUT2D eigenvalue weighted by Gasteiger charge is 2.73. The summed E-state index contributed by atoms with van der Waals surface area (Å²) in [6.45, 7) is 3.55. The molecule has 4 aliphatic rings. The average molecular weight is 588 g/mol.